The molecule has 3 aliphatic rings. The summed E-state index contributed by atoms with van der Waals surface area (Å²) in [6, 6.07) is 5.28. The topological polar surface area (TPSA) is 79.0 Å². The van der Waals surface area contributed by atoms with Crippen molar-refractivity contribution in [1.29, 1.82) is 0 Å². The van der Waals surface area contributed by atoms with Crippen LogP contribution in [-0.2, 0) is 20.9 Å². The molecule has 0 saturated carbocycles. The molecular formula is C18H21N3O4. The first-order chi connectivity index (χ1) is 12.0. The fourth-order valence-electron chi connectivity index (χ4n) is 3.90. The second-order valence-electron chi connectivity index (χ2n) is 6.84. The first-order valence-electron chi connectivity index (χ1n) is 8.67. The van der Waals surface area contributed by atoms with E-state index in [4.69, 9.17) is 4.74 Å². The predicted molar refractivity (Wildman–Crippen MR) is 90.1 cm³/mol. The van der Waals surface area contributed by atoms with Crippen LogP contribution in [0, 0.1) is 0 Å². The molecule has 1 aromatic carbocycles. The molecule has 132 valence electrons. The zero-order valence-corrected chi connectivity index (χ0v) is 14.2. The molecular weight excluding hydrogens is 322 g/mol. The average molecular weight is 343 g/mol. The Morgan fingerprint density at radius 2 is 2.08 bits per heavy atom. The highest BCUT2D eigenvalue weighted by atomic mass is 16.5. The molecule has 3 aliphatic heterocycles. The van der Waals surface area contributed by atoms with E-state index in [1.165, 1.54) is 0 Å². The number of fused-ring (bicyclic) bond motifs is 1. The van der Waals surface area contributed by atoms with Crippen LogP contribution in [0.15, 0.2) is 18.2 Å². The van der Waals surface area contributed by atoms with Gasteiger partial charge in [-0.25, -0.2) is 0 Å². The predicted octanol–water partition coefficient (Wildman–Crippen LogP) is 0.673. The highest BCUT2D eigenvalue weighted by Gasteiger charge is 2.40. The normalized spacial score (nSPS) is 26.7. The Hall–Kier alpha value is -2.41. The lowest BCUT2D eigenvalue weighted by atomic mass is 10.0. The van der Waals surface area contributed by atoms with E-state index in [1.807, 2.05) is 25.1 Å². The van der Waals surface area contributed by atoms with Gasteiger partial charge in [0, 0.05) is 26.1 Å². The molecule has 2 unspecified atom stereocenters. The number of nitrogens with one attached hydrogen (secondary N) is 1. The van der Waals surface area contributed by atoms with Crippen LogP contribution in [0.2, 0.25) is 0 Å². The maximum atomic E-state index is 13.1. The molecule has 25 heavy (non-hydrogen) atoms. The molecule has 0 aliphatic carbocycles. The molecule has 2 fully saturated rings. The number of rotatable bonds is 2. The molecule has 0 spiro atoms. The SMILES string of the molecule is CC1CN(c2cccc3c2C(=O)N(C2CCC(=O)NC2=O)C3)CCO1. The van der Waals surface area contributed by atoms with Gasteiger partial charge in [-0.15, -0.1) is 0 Å². The van der Waals surface area contributed by atoms with Gasteiger partial charge < -0.3 is 14.5 Å². The van der Waals surface area contributed by atoms with E-state index in [2.05, 4.69) is 10.2 Å². The second kappa shape index (κ2) is 6.15. The van der Waals surface area contributed by atoms with Gasteiger partial charge in [-0.2, -0.15) is 0 Å². The number of amides is 3. The number of morpholine rings is 1. The summed E-state index contributed by atoms with van der Waals surface area (Å²) < 4.78 is 5.59. The standard InChI is InChI=1S/C18H21N3O4/c1-11-9-20(7-8-25-11)13-4-2-3-12-10-21(18(24)16(12)13)14-5-6-15(22)19-17(14)23/h2-4,11,14H,5-10H2,1H3,(H,19,22,23). The molecule has 3 amide bonds. The van der Waals surface area contributed by atoms with Gasteiger partial charge in [0.05, 0.1) is 24.0 Å². The van der Waals surface area contributed by atoms with Gasteiger partial charge in [-0.05, 0) is 25.0 Å². The summed E-state index contributed by atoms with van der Waals surface area (Å²) in [5.74, 6) is -0.772. The Bertz CT molecular complexity index is 748. The lowest BCUT2D eigenvalue weighted by molar-refractivity contribution is -0.136. The van der Waals surface area contributed by atoms with Gasteiger partial charge in [-0.3, -0.25) is 19.7 Å². The van der Waals surface area contributed by atoms with E-state index in [-0.39, 0.29) is 30.2 Å². The van der Waals surface area contributed by atoms with Gasteiger partial charge in [0.1, 0.15) is 6.04 Å². The third-order valence-corrected chi connectivity index (χ3v) is 5.11. The molecule has 0 aromatic heterocycles. The monoisotopic (exact) mass is 343 g/mol. The maximum Gasteiger partial charge on any atom is 0.257 e. The van der Waals surface area contributed by atoms with Crippen LogP contribution in [0.25, 0.3) is 0 Å². The summed E-state index contributed by atoms with van der Waals surface area (Å²) in [5, 5.41) is 2.34. The van der Waals surface area contributed by atoms with Crippen molar-refractivity contribution in [1.82, 2.24) is 10.2 Å². The molecule has 7 heteroatoms. The number of hydrogen-bond donors (Lipinski definition) is 1. The van der Waals surface area contributed by atoms with Crippen molar-refractivity contribution >= 4 is 23.4 Å². The lowest BCUT2D eigenvalue weighted by Gasteiger charge is -2.34. The Labute approximate surface area is 145 Å². The molecule has 1 aromatic rings. The van der Waals surface area contributed by atoms with Crippen molar-refractivity contribution in [3.63, 3.8) is 0 Å². The second-order valence-corrected chi connectivity index (χ2v) is 6.84. The van der Waals surface area contributed by atoms with E-state index in [1.54, 1.807) is 4.90 Å². The fourth-order valence-corrected chi connectivity index (χ4v) is 3.90. The number of hydrogen-bond acceptors (Lipinski definition) is 5. The van der Waals surface area contributed by atoms with Crippen molar-refractivity contribution in [3.05, 3.63) is 29.3 Å². The van der Waals surface area contributed by atoms with Crippen LogP contribution in [0.5, 0.6) is 0 Å². The number of nitrogens with zero attached hydrogens (tertiary/aromatic N) is 2. The molecule has 2 saturated heterocycles. The van der Waals surface area contributed by atoms with Crippen LogP contribution >= 0.6 is 0 Å². The number of imide groups is 1. The van der Waals surface area contributed by atoms with E-state index in [9.17, 15) is 14.4 Å². The third kappa shape index (κ3) is 2.78. The minimum Gasteiger partial charge on any atom is -0.375 e. The van der Waals surface area contributed by atoms with Crippen LogP contribution < -0.4 is 10.2 Å². The van der Waals surface area contributed by atoms with Crippen molar-refractivity contribution in [2.45, 2.75) is 38.5 Å². The summed E-state index contributed by atoms with van der Waals surface area (Å²) in [6.45, 7) is 4.55. The van der Waals surface area contributed by atoms with Gasteiger partial charge in [0.2, 0.25) is 11.8 Å². The number of benzene rings is 1. The number of carbonyl (C=O) groups excluding carboxylic acids is 3. The maximum absolute atomic E-state index is 13.1. The van der Waals surface area contributed by atoms with E-state index < -0.39 is 6.04 Å². The molecule has 3 heterocycles. The molecule has 1 N–H and O–H groups in total. The van der Waals surface area contributed by atoms with Crippen molar-refractivity contribution in [3.8, 4) is 0 Å². The molecule has 0 bridgehead atoms. The van der Waals surface area contributed by atoms with Gasteiger partial charge >= 0.3 is 0 Å². The Morgan fingerprint density at radius 1 is 1.24 bits per heavy atom. The highest BCUT2D eigenvalue weighted by Crippen LogP contribution is 2.34. The quantitative estimate of drug-likeness (QED) is 0.799. The number of piperidine rings is 1. The number of ether oxygens (including phenoxy) is 1. The Balaban J connectivity index is 1.62. The third-order valence-electron chi connectivity index (χ3n) is 5.11. The van der Waals surface area contributed by atoms with Crippen molar-refractivity contribution in [2.24, 2.45) is 0 Å². The van der Waals surface area contributed by atoms with Gasteiger partial charge in [0.15, 0.2) is 0 Å². The molecule has 7 nitrogen and oxygen atoms in total. The van der Waals surface area contributed by atoms with Gasteiger partial charge in [-0.1, -0.05) is 12.1 Å². The van der Waals surface area contributed by atoms with Gasteiger partial charge in [0.25, 0.3) is 5.91 Å². The number of carbonyl (C=O) groups is 3. The van der Waals surface area contributed by atoms with Crippen LogP contribution in [0.1, 0.15) is 35.7 Å². The van der Waals surface area contributed by atoms with E-state index >= 15 is 0 Å². The van der Waals surface area contributed by atoms with Crippen LogP contribution in [0.3, 0.4) is 0 Å². The smallest absolute Gasteiger partial charge is 0.257 e. The van der Waals surface area contributed by atoms with Crippen molar-refractivity contribution < 1.29 is 19.1 Å². The summed E-state index contributed by atoms with van der Waals surface area (Å²) >= 11 is 0. The summed E-state index contributed by atoms with van der Waals surface area (Å²) in [7, 11) is 0. The highest BCUT2D eigenvalue weighted by molar-refractivity contribution is 6.07. The minimum atomic E-state index is -0.575. The summed E-state index contributed by atoms with van der Waals surface area (Å²) in [4.78, 5) is 40.4. The Kier molecular flexibility index (Phi) is 3.95. The van der Waals surface area contributed by atoms with Crippen LogP contribution in [0.4, 0.5) is 5.69 Å². The van der Waals surface area contributed by atoms with Crippen LogP contribution in [-0.4, -0.2) is 54.5 Å². The zero-order valence-electron chi connectivity index (χ0n) is 14.2. The van der Waals surface area contributed by atoms with E-state index in [0.29, 0.717) is 25.1 Å². The summed E-state index contributed by atoms with van der Waals surface area (Å²) in [5.41, 5.74) is 2.53. The first kappa shape index (κ1) is 16.1. The molecule has 2 atom stereocenters. The molecule has 4 rings (SSSR count). The largest absolute Gasteiger partial charge is 0.375 e. The zero-order chi connectivity index (χ0) is 17.6. The van der Waals surface area contributed by atoms with E-state index in [0.717, 1.165) is 24.3 Å². The lowest BCUT2D eigenvalue weighted by Crippen LogP contribution is -2.52. The fraction of sp³-hybridized carbons (Fsp3) is 0.500. The summed E-state index contributed by atoms with van der Waals surface area (Å²) in [6.07, 6.45) is 0.769. The first-order valence-corrected chi connectivity index (χ1v) is 8.67. The minimum absolute atomic E-state index is 0.118. The van der Waals surface area contributed by atoms with Crippen molar-refractivity contribution in [2.75, 3.05) is 24.6 Å². The number of anilines is 1. The molecule has 0 radical (unpaired) electrons. The average Bonchev–Trinajstić information content (AvgIpc) is 2.92. The Morgan fingerprint density at radius 3 is 2.84 bits per heavy atom.